The number of unbranched alkanes of at least 4 members (excludes halogenated alkanes) is 22. The molecule has 10 nitrogen and oxygen atoms in total. The summed E-state index contributed by atoms with van der Waals surface area (Å²) in [5, 5.41) is 8.49. The zero-order valence-corrected chi connectivity index (χ0v) is 73.2. The highest BCUT2D eigenvalue weighted by Gasteiger charge is 2.42. The van der Waals surface area contributed by atoms with E-state index in [9.17, 15) is 4.79 Å². The normalized spacial score (nSPS) is 13.1. The molecule has 0 aliphatic carbocycles. The van der Waals surface area contributed by atoms with Crippen molar-refractivity contribution in [1.29, 1.82) is 0 Å². The second-order valence-electron chi connectivity index (χ2n) is 33.6. The SMILES string of the molecule is CCCCCCCCCCCCOc1cc(OCCCCCCCCCCCC)cc(C(=O)OCCCCCCCc2cc3c4c(ccc5c6c(-c7ccc(-c8ccc(-c9ccc(-c%10cccs%10)s9)s8)s7)cc7c8c(ccc(c2c45)c86)C(=O)N(c2c(C(C)C)cccc2C(C)C)C7=O)C(=O)N(c2c(C(C)C)cccc2C(C)C)C3=O)c1. The van der Waals surface area contributed by atoms with Gasteiger partial charge in [0.2, 0.25) is 0 Å². The van der Waals surface area contributed by atoms with Crippen LogP contribution in [0.4, 0.5) is 11.4 Å². The Morgan fingerprint density at radius 3 is 1.16 bits per heavy atom. The van der Waals surface area contributed by atoms with Crippen LogP contribution >= 0.6 is 45.3 Å². The summed E-state index contributed by atoms with van der Waals surface area (Å²) in [6.45, 7) is 22.9. The number of hydrogen-bond donors (Lipinski definition) is 0. The minimum absolute atomic E-state index is 0.00839. The molecule has 0 atom stereocenters. The molecular formula is C102H116N2O8S4. The number of aryl methyl sites for hydroxylation is 1. The number of thiophene rings is 4. The number of fused-ring (bicyclic) bond motifs is 2. The summed E-state index contributed by atoms with van der Waals surface area (Å²) >= 11 is 7.00. The van der Waals surface area contributed by atoms with Gasteiger partial charge in [-0.15, -0.1) is 45.3 Å². The summed E-state index contributed by atoms with van der Waals surface area (Å²) in [6, 6.07) is 47.4. The van der Waals surface area contributed by atoms with Crippen LogP contribution in [0.15, 0.2) is 145 Å². The lowest BCUT2D eigenvalue weighted by atomic mass is 9.78. The molecule has 0 saturated carbocycles. The molecule has 0 spiro atoms. The van der Waals surface area contributed by atoms with Crippen molar-refractivity contribution >= 4 is 129 Å². The monoisotopic (exact) mass is 1620 g/mol. The van der Waals surface area contributed by atoms with E-state index < -0.39 is 0 Å². The van der Waals surface area contributed by atoms with E-state index in [0.29, 0.717) is 87.5 Å². The molecule has 4 aromatic heterocycles. The molecule has 0 N–H and O–H groups in total. The van der Waals surface area contributed by atoms with Crippen molar-refractivity contribution in [3.63, 3.8) is 0 Å². The molecule has 14 heteroatoms. The van der Waals surface area contributed by atoms with Gasteiger partial charge in [-0.05, 0) is 200 Å². The summed E-state index contributed by atoms with van der Waals surface area (Å²) in [5.41, 5.74) is 9.10. The number of benzene rings is 8. The van der Waals surface area contributed by atoms with Gasteiger partial charge >= 0.3 is 5.97 Å². The van der Waals surface area contributed by atoms with E-state index in [1.54, 1.807) is 45.3 Å². The third-order valence-electron chi connectivity index (χ3n) is 23.9. The Morgan fingerprint density at radius 1 is 0.336 bits per heavy atom. The van der Waals surface area contributed by atoms with E-state index in [0.717, 1.165) is 132 Å². The van der Waals surface area contributed by atoms with Crippen molar-refractivity contribution in [1.82, 2.24) is 0 Å². The van der Waals surface area contributed by atoms with E-state index in [1.807, 2.05) is 72.8 Å². The number of carbonyl (C=O) groups excluding carboxylic acids is 5. The smallest absolute Gasteiger partial charge is 0.338 e. The van der Waals surface area contributed by atoms with Gasteiger partial charge in [0, 0.05) is 78.8 Å². The van der Waals surface area contributed by atoms with Crippen molar-refractivity contribution in [2.45, 2.75) is 260 Å². The fourth-order valence-corrected chi connectivity index (χ4v) is 21.8. The van der Waals surface area contributed by atoms with Gasteiger partial charge in [-0.1, -0.05) is 259 Å². The molecule has 12 aromatic rings. The Labute approximate surface area is 703 Å². The largest absolute Gasteiger partial charge is 0.493 e. The summed E-state index contributed by atoms with van der Waals surface area (Å²) < 4.78 is 18.8. The van der Waals surface area contributed by atoms with Gasteiger partial charge in [0.25, 0.3) is 23.6 Å². The van der Waals surface area contributed by atoms with Crippen molar-refractivity contribution < 1.29 is 38.2 Å². The molecule has 8 aromatic carbocycles. The molecule has 606 valence electrons. The zero-order chi connectivity index (χ0) is 81.1. The van der Waals surface area contributed by atoms with E-state index in [4.69, 9.17) is 14.2 Å². The van der Waals surface area contributed by atoms with E-state index >= 15 is 19.2 Å². The van der Waals surface area contributed by atoms with Crippen LogP contribution in [0.2, 0.25) is 0 Å². The Morgan fingerprint density at radius 2 is 0.716 bits per heavy atom. The number of ether oxygens (including phenoxy) is 3. The minimum atomic E-state index is -0.388. The highest BCUT2D eigenvalue weighted by atomic mass is 32.1. The fraction of sp³-hybridized carbons (Fsp3) is 0.422. The third-order valence-corrected chi connectivity index (χ3v) is 28.6. The lowest BCUT2D eigenvalue weighted by Crippen LogP contribution is -2.42. The molecule has 14 rings (SSSR count). The summed E-state index contributed by atoms with van der Waals surface area (Å²) in [6.07, 6.45) is 29.5. The molecule has 2 aliphatic heterocycles. The number of amides is 4. The van der Waals surface area contributed by atoms with Gasteiger partial charge < -0.3 is 14.2 Å². The highest BCUT2D eigenvalue weighted by Crippen LogP contribution is 2.55. The number of nitrogens with zero attached hydrogens (tertiary/aromatic N) is 2. The van der Waals surface area contributed by atoms with E-state index in [2.05, 4.69) is 141 Å². The maximum atomic E-state index is 16.3. The predicted molar refractivity (Wildman–Crippen MR) is 491 cm³/mol. The third kappa shape index (κ3) is 18.0. The number of imide groups is 2. The maximum Gasteiger partial charge on any atom is 0.338 e. The van der Waals surface area contributed by atoms with Crippen LogP contribution in [0.5, 0.6) is 11.5 Å². The quantitative estimate of drug-likeness (QED) is 0.0122. The van der Waals surface area contributed by atoms with Crippen LogP contribution in [0.3, 0.4) is 0 Å². The zero-order valence-electron chi connectivity index (χ0n) is 70.0. The Kier molecular flexibility index (Phi) is 27.9. The molecule has 2 aliphatic rings. The van der Waals surface area contributed by atoms with Crippen LogP contribution < -0.4 is 19.3 Å². The molecule has 4 amide bonds. The molecule has 0 unspecified atom stereocenters. The number of hydrogen-bond acceptors (Lipinski definition) is 12. The van der Waals surface area contributed by atoms with Gasteiger partial charge in [0.15, 0.2) is 0 Å². The first kappa shape index (κ1) is 83.7. The van der Waals surface area contributed by atoms with Gasteiger partial charge in [-0.3, -0.25) is 19.2 Å². The highest BCUT2D eigenvalue weighted by molar-refractivity contribution is 7.28. The molecule has 0 radical (unpaired) electrons. The van der Waals surface area contributed by atoms with E-state index in [1.165, 1.54) is 132 Å². The van der Waals surface area contributed by atoms with Crippen LogP contribution in [0.1, 0.15) is 333 Å². The van der Waals surface area contributed by atoms with Gasteiger partial charge in [-0.2, -0.15) is 0 Å². The lowest BCUT2D eigenvalue weighted by Gasteiger charge is -2.34. The summed E-state index contributed by atoms with van der Waals surface area (Å²) in [7, 11) is 0. The second-order valence-corrected chi connectivity index (χ2v) is 37.8. The van der Waals surface area contributed by atoms with Crippen molar-refractivity contribution in [2.75, 3.05) is 29.6 Å². The lowest BCUT2D eigenvalue weighted by molar-refractivity contribution is 0.0495. The van der Waals surface area contributed by atoms with E-state index in [-0.39, 0.29) is 59.9 Å². The van der Waals surface area contributed by atoms with Crippen LogP contribution in [-0.2, 0) is 11.2 Å². The first-order chi connectivity index (χ1) is 56.5. The Bertz CT molecular complexity index is 5380. The predicted octanol–water partition coefficient (Wildman–Crippen LogP) is 30.7. The van der Waals surface area contributed by atoms with Crippen LogP contribution in [-0.4, -0.2) is 49.4 Å². The number of esters is 1. The average molecular weight is 1630 g/mol. The molecule has 6 heterocycles. The molecule has 0 saturated heterocycles. The second kappa shape index (κ2) is 38.7. The van der Waals surface area contributed by atoms with Gasteiger partial charge in [-0.25, -0.2) is 14.6 Å². The number of rotatable bonds is 43. The van der Waals surface area contributed by atoms with Gasteiger partial charge in [0.1, 0.15) is 11.5 Å². The average Bonchev–Trinajstić information content (AvgIpc) is 0.884. The minimum Gasteiger partial charge on any atom is -0.493 e. The van der Waals surface area contributed by atoms with Gasteiger partial charge in [0.05, 0.1) is 36.8 Å². The molecule has 0 bridgehead atoms. The van der Waals surface area contributed by atoms with Crippen molar-refractivity contribution in [3.05, 3.63) is 201 Å². The maximum absolute atomic E-state index is 16.3. The number of para-hydroxylation sites is 2. The Hall–Kier alpha value is -8.79. The standard InChI is InChI=1S/C102H116N2O8S4/c1-11-13-15-17-19-21-23-25-29-33-55-110-70-59-69(60-71(62-70)111-56-34-30-26-24-22-20-18-16-14-12-2)102(109)112-57-35-31-27-28-32-39-68-61-81-92-78(98(105)103(100(81)107)96-72(64(3)4)40-36-41-73(96)65(5)6)48-46-77-91-80(83-49-50-86(114-83)87-53-54-89(116-87)88-52-51-85(115-88)84-44-38-58-113-84)63-82-93-79(47-45-76(95(91)93)90(68)94(77)92)99(106)104(101(82)108)97-74(66(7)8)42-37-43-75(97)67(9)10/h36-38,40-54,58-67H,11-35,39,55-57H2,1-10H3. The van der Waals surface area contributed by atoms with Crippen LogP contribution in [0.25, 0.3) is 82.8 Å². The topological polar surface area (TPSA) is 120 Å². The van der Waals surface area contributed by atoms with Crippen LogP contribution in [0, 0.1) is 0 Å². The van der Waals surface area contributed by atoms with Crippen molar-refractivity contribution in [3.8, 4) is 51.2 Å². The summed E-state index contributed by atoms with van der Waals surface area (Å²) in [4.78, 5) is 89.4. The molecular weight excluding hydrogens is 1510 g/mol. The van der Waals surface area contributed by atoms with Crippen molar-refractivity contribution in [2.24, 2.45) is 0 Å². The first-order valence-corrected chi connectivity index (χ1v) is 47.0. The summed E-state index contributed by atoms with van der Waals surface area (Å²) in [5.74, 6) is -0.538. The first-order valence-electron chi connectivity index (χ1n) is 43.7. The Balaban J connectivity index is 0.781. The molecule has 0 fully saturated rings. The number of anilines is 2. The molecule has 116 heavy (non-hydrogen) atoms. The fourth-order valence-electron chi connectivity index (χ4n) is 17.7. The number of carbonyl (C=O) groups is 5.